The van der Waals surface area contributed by atoms with Crippen molar-refractivity contribution in [3.05, 3.63) is 48.2 Å². The zero-order valence-corrected chi connectivity index (χ0v) is 8.01. The fourth-order valence-corrected chi connectivity index (χ4v) is 1.41. The molecule has 0 aliphatic heterocycles. The summed E-state index contributed by atoms with van der Waals surface area (Å²) in [6.45, 7) is 0. The van der Waals surface area contributed by atoms with Crippen molar-refractivity contribution < 1.29 is 14.3 Å². The number of rotatable bonds is 3. The van der Waals surface area contributed by atoms with E-state index in [9.17, 15) is 4.79 Å². The van der Waals surface area contributed by atoms with Crippen molar-refractivity contribution in [1.82, 2.24) is 0 Å². The van der Waals surface area contributed by atoms with Crippen LogP contribution in [0.2, 0.25) is 0 Å². The number of hydrogen-bond donors (Lipinski definition) is 1. The maximum atomic E-state index is 10.2. The first-order chi connectivity index (χ1) is 7.25. The van der Waals surface area contributed by atoms with E-state index in [1.54, 1.807) is 6.08 Å². The highest BCUT2D eigenvalue weighted by atomic mass is 16.4. The first-order valence-electron chi connectivity index (χ1n) is 4.62. The monoisotopic (exact) mass is 202 g/mol. The first-order valence-corrected chi connectivity index (χ1v) is 4.62. The van der Waals surface area contributed by atoms with Gasteiger partial charge in [-0.15, -0.1) is 0 Å². The molecular formula is C12H10O3. The van der Waals surface area contributed by atoms with E-state index in [1.165, 1.54) is 0 Å². The number of hydrogen-bond acceptors (Lipinski definition) is 2. The summed E-state index contributed by atoms with van der Waals surface area (Å²) in [7, 11) is 0. The fourth-order valence-electron chi connectivity index (χ4n) is 1.41. The van der Waals surface area contributed by atoms with Crippen LogP contribution in [0.5, 0.6) is 0 Å². The van der Waals surface area contributed by atoms with Gasteiger partial charge in [-0.2, -0.15) is 0 Å². The second-order valence-corrected chi connectivity index (χ2v) is 3.20. The SMILES string of the molecule is O=C(O)C=CCc1cc2ccccc2o1. The Labute approximate surface area is 86.6 Å². The van der Waals surface area contributed by atoms with Crippen molar-refractivity contribution in [3.8, 4) is 0 Å². The smallest absolute Gasteiger partial charge is 0.327 e. The zero-order valence-electron chi connectivity index (χ0n) is 8.01. The number of allylic oxidation sites excluding steroid dienone is 1. The molecule has 1 heterocycles. The molecule has 0 amide bonds. The predicted molar refractivity (Wildman–Crippen MR) is 56.7 cm³/mol. The summed E-state index contributed by atoms with van der Waals surface area (Å²) in [6.07, 6.45) is 3.19. The molecule has 0 spiro atoms. The average molecular weight is 202 g/mol. The molecule has 0 saturated carbocycles. The Morgan fingerprint density at radius 3 is 2.93 bits per heavy atom. The standard InChI is InChI=1S/C12H10O3/c13-12(14)7-3-5-10-8-9-4-1-2-6-11(9)15-10/h1-4,6-8H,5H2,(H,13,14). The summed E-state index contributed by atoms with van der Waals surface area (Å²) in [6, 6.07) is 9.61. The summed E-state index contributed by atoms with van der Waals surface area (Å²) in [5, 5.41) is 9.45. The van der Waals surface area contributed by atoms with Crippen LogP contribution in [0, 0.1) is 0 Å². The van der Waals surface area contributed by atoms with E-state index in [-0.39, 0.29) is 0 Å². The molecule has 3 nitrogen and oxygen atoms in total. The largest absolute Gasteiger partial charge is 0.478 e. The number of carboxylic acids is 1. The molecule has 1 aromatic heterocycles. The zero-order chi connectivity index (χ0) is 10.7. The molecular weight excluding hydrogens is 192 g/mol. The van der Waals surface area contributed by atoms with Gasteiger partial charge in [0, 0.05) is 17.9 Å². The van der Waals surface area contributed by atoms with Gasteiger partial charge >= 0.3 is 5.97 Å². The minimum absolute atomic E-state index is 0.501. The summed E-state index contributed by atoms with van der Waals surface area (Å²) in [5.41, 5.74) is 0.830. The fraction of sp³-hybridized carbons (Fsp3) is 0.0833. The van der Waals surface area contributed by atoms with Gasteiger partial charge < -0.3 is 9.52 Å². The van der Waals surface area contributed by atoms with Crippen LogP contribution in [0.4, 0.5) is 0 Å². The van der Waals surface area contributed by atoms with Crippen LogP contribution in [0.3, 0.4) is 0 Å². The molecule has 1 N–H and O–H groups in total. The van der Waals surface area contributed by atoms with E-state index in [2.05, 4.69) is 0 Å². The quantitative estimate of drug-likeness (QED) is 0.778. The molecule has 0 saturated heterocycles. The predicted octanol–water partition coefficient (Wildman–Crippen LogP) is 2.62. The third kappa shape index (κ3) is 2.26. The molecule has 76 valence electrons. The third-order valence-corrected chi connectivity index (χ3v) is 2.06. The van der Waals surface area contributed by atoms with Crippen molar-refractivity contribution in [2.45, 2.75) is 6.42 Å². The maximum Gasteiger partial charge on any atom is 0.327 e. The second kappa shape index (κ2) is 4.00. The van der Waals surface area contributed by atoms with Crippen molar-refractivity contribution in [2.24, 2.45) is 0 Å². The number of carboxylic acid groups (broad SMARTS) is 1. The number of furan rings is 1. The Morgan fingerprint density at radius 1 is 1.40 bits per heavy atom. The Kier molecular flexibility index (Phi) is 2.54. The average Bonchev–Trinajstić information content (AvgIpc) is 2.59. The highest BCUT2D eigenvalue weighted by Gasteiger charge is 2.00. The minimum Gasteiger partial charge on any atom is -0.478 e. The highest BCUT2D eigenvalue weighted by molar-refractivity contribution is 5.80. The van der Waals surface area contributed by atoms with Gasteiger partial charge in [0.2, 0.25) is 0 Å². The van der Waals surface area contributed by atoms with Crippen LogP contribution in [-0.2, 0) is 11.2 Å². The van der Waals surface area contributed by atoms with Crippen LogP contribution in [0.1, 0.15) is 5.76 Å². The molecule has 0 radical (unpaired) electrons. The molecule has 0 unspecified atom stereocenters. The maximum absolute atomic E-state index is 10.2. The topological polar surface area (TPSA) is 50.4 Å². The van der Waals surface area contributed by atoms with Crippen molar-refractivity contribution in [2.75, 3.05) is 0 Å². The van der Waals surface area contributed by atoms with Gasteiger partial charge in [-0.3, -0.25) is 0 Å². The van der Waals surface area contributed by atoms with Crippen molar-refractivity contribution in [1.29, 1.82) is 0 Å². The number of benzene rings is 1. The Balaban J connectivity index is 2.19. The van der Waals surface area contributed by atoms with Gasteiger partial charge in [-0.1, -0.05) is 24.3 Å². The van der Waals surface area contributed by atoms with Crippen molar-refractivity contribution in [3.63, 3.8) is 0 Å². The van der Waals surface area contributed by atoms with Crippen LogP contribution in [-0.4, -0.2) is 11.1 Å². The van der Waals surface area contributed by atoms with E-state index in [0.717, 1.165) is 22.8 Å². The minimum atomic E-state index is -0.939. The summed E-state index contributed by atoms with van der Waals surface area (Å²) in [5.74, 6) is -0.167. The van der Waals surface area contributed by atoms with E-state index >= 15 is 0 Å². The molecule has 0 aliphatic rings. The number of para-hydroxylation sites is 1. The van der Waals surface area contributed by atoms with Gasteiger partial charge in [0.15, 0.2) is 0 Å². The van der Waals surface area contributed by atoms with Crippen LogP contribution < -0.4 is 0 Å². The van der Waals surface area contributed by atoms with Gasteiger partial charge in [0.05, 0.1) is 0 Å². The van der Waals surface area contributed by atoms with Crippen LogP contribution in [0.25, 0.3) is 11.0 Å². The Hall–Kier alpha value is -2.03. The molecule has 1 aromatic carbocycles. The summed E-state index contributed by atoms with van der Waals surface area (Å²) < 4.78 is 5.51. The van der Waals surface area contributed by atoms with Gasteiger partial charge in [-0.05, 0) is 12.1 Å². The number of aliphatic carboxylic acids is 1. The van der Waals surface area contributed by atoms with Gasteiger partial charge in [-0.25, -0.2) is 4.79 Å². The Morgan fingerprint density at radius 2 is 2.20 bits per heavy atom. The molecule has 0 bridgehead atoms. The third-order valence-electron chi connectivity index (χ3n) is 2.06. The molecule has 15 heavy (non-hydrogen) atoms. The normalized spacial score (nSPS) is 11.2. The molecule has 2 rings (SSSR count). The van der Waals surface area contributed by atoms with Crippen molar-refractivity contribution >= 4 is 16.9 Å². The van der Waals surface area contributed by atoms with Gasteiger partial charge in [0.1, 0.15) is 11.3 Å². The molecule has 0 fully saturated rings. The molecule has 0 aliphatic carbocycles. The second-order valence-electron chi connectivity index (χ2n) is 3.20. The van der Waals surface area contributed by atoms with Crippen LogP contribution >= 0.6 is 0 Å². The number of carbonyl (C=O) groups is 1. The lowest BCUT2D eigenvalue weighted by atomic mass is 10.2. The van der Waals surface area contributed by atoms with E-state index in [0.29, 0.717) is 6.42 Å². The lowest BCUT2D eigenvalue weighted by Crippen LogP contribution is -1.86. The lowest BCUT2D eigenvalue weighted by molar-refractivity contribution is -0.131. The molecule has 0 atom stereocenters. The molecule has 3 heteroatoms. The van der Waals surface area contributed by atoms with E-state index < -0.39 is 5.97 Å². The van der Waals surface area contributed by atoms with E-state index in [4.69, 9.17) is 9.52 Å². The summed E-state index contributed by atoms with van der Waals surface area (Å²) >= 11 is 0. The summed E-state index contributed by atoms with van der Waals surface area (Å²) in [4.78, 5) is 10.2. The molecule has 2 aromatic rings. The lowest BCUT2D eigenvalue weighted by Gasteiger charge is -1.86. The number of fused-ring (bicyclic) bond motifs is 1. The van der Waals surface area contributed by atoms with E-state index in [1.807, 2.05) is 30.3 Å². The van der Waals surface area contributed by atoms with Crippen LogP contribution in [0.15, 0.2) is 46.9 Å². The Bertz CT molecular complexity index is 475. The van der Waals surface area contributed by atoms with Gasteiger partial charge in [0.25, 0.3) is 0 Å². The highest BCUT2D eigenvalue weighted by Crippen LogP contribution is 2.19. The first kappa shape index (κ1) is 9.52.